The Balaban J connectivity index is 1.35. The molecule has 4 fully saturated rings. The molecule has 3 atom stereocenters. The molecule has 0 heterocycles. The molecule has 4 aliphatic carbocycles. The minimum absolute atomic E-state index is 0.260. The van der Waals surface area contributed by atoms with Gasteiger partial charge in [-0.05, 0) is 67.3 Å². The molecule has 1 amide bonds. The molecular formula is C21H28BrNO. The lowest BCUT2D eigenvalue weighted by atomic mass is 9.48. The highest BCUT2D eigenvalue weighted by Gasteiger charge is 2.57. The summed E-state index contributed by atoms with van der Waals surface area (Å²) in [6.45, 7) is 2.93. The quantitative estimate of drug-likeness (QED) is 0.702. The number of carbonyl (C=O) groups excluding carboxylic acids is 1. The third kappa shape index (κ3) is 3.29. The Morgan fingerprint density at radius 3 is 2.50 bits per heavy atom. The largest absolute Gasteiger partial charge is 0.355 e. The summed E-state index contributed by atoms with van der Waals surface area (Å²) in [7, 11) is 0. The first-order chi connectivity index (χ1) is 11.5. The van der Waals surface area contributed by atoms with E-state index in [-0.39, 0.29) is 11.3 Å². The minimum Gasteiger partial charge on any atom is -0.355 e. The Hall–Kier alpha value is -0.830. The lowest BCUT2D eigenvalue weighted by molar-refractivity contribution is -0.128. The molecule has 24 heavy (non-hydrogen) atoms. The summed E-state index contributed by atoms with van der Waals surface area (Å²) in [5, 5.41) is 3.21. The van der Waals surface area contributed by atoms with Crippen LogP contribution in [-0.2, 0) is 4.79 Å². The van der Waals surface area contributed by atoms with Crippen molar-refractivity contribution in [1.82, 2.24) is 5.32 Å². The third-order valence-corrected chi connectivity index (χ3v) is 7.55. The summed E-state index contributed by atoms with van der Waals surface area (Å²) < 4.78 is 0.342. The second-order valence-electron chi connectivity index (χ2n) is 8.90. The van der Waals surface area contributed by atoms with Crippen molar-refractivity contribution in [2.45, 2.75) is 62.1 Å². The molecule has 4 bridgehead atoms. The van der Waals surface area contributed by atoms with Crippen molar-refractivity contribution in [2.24, 2.45) is 17.3 Å². The van der Waals surface area contributed by atoms with Crippen LogP contribution in [0.3, 0.4) is 0 Å². The van der Waals surface area contributed by atoms with Crippen molar-refractivity contribution < 1.29 is 4.79 Å². The van der Waals surface area contributed by atoms with E-state index in [1.807, 2.05) is 6.07 Å². The highest BCUT2D eigenvalue weighted by Crippen LogP contribution is 2.65. The molecule has 5 rings (SSSR count). The van der Waals surface area contributed by atoms with E-state index in [4.69, 9.17) is 0 Å². The fraction of sp³-hybridized carbons (Fsp3) is 0.667. The lowest BCUT2D eigenvalue weighted by Crippen LogP contribution is -2.54. The average molecular weight is 390 g/mol. The number of hydrogen-bond acceptors (Lipinski definition) is 1. The van der Waals surface area contributed by atoms with Gasteiger partial charge in [0.2, 0.25) is 5.91 Å². The van der Waals surface area contributed by atoms with Crippen molar-refractivity contribution in [3.63, 3.8) is 0 Å². The maximum atomic E-state index is 12.6. The molecule has 0 unspecified atom stereocenters. The first-order valence-electron chi connectivity index (χ1n) is 9.46. The van der Waals surface area contributed by atoms with Crippen LogP contribution in [0.15, 0.2) is 30.3 Å². The second kappa shape index (κ2) is 6.16. The number of alkyl halides is 1. The van der Waals surface area contributed by atoms with E-state index < -0.39 is 0 Å². The minimum atomic E-state index is 0.260. The normalized spacial score (nSPS) is 38.1. The summed E-state index contributed by atoms with van der Waals surface area (Å²) in [4.78, 5) is 12.6. The van der Waals surface area contributed by atoms with Crippen LogP contribution in [0, 0.1) is 17.3 Å². The van der Waals surface area contributed by atoms with Crippen molar-refractivity contribution in [3.05, 3.63) is 35.9 Å². The number of rotatable bonds is 5. The van der Waals surface area contributed by atoms with Crippen LogP contribution >= 0.6 is 15.9 Å². The van der Waals surface area contributed by atoms with Crippen LogP contribution in [0.25, 0.3) is 0 Å². The van der Waals surface area contributed by atoms with Gasteiger partial charge in [0.05, 0.1) is 0 Å². The molecule has 0 aromatic heterocycles. The van der Waals surface area contributed by atoms with Gasteiger partial charge in [-0.3, -0.25) is 4.79 Å². The zero-order valence-electron chi connectivity index (χ0n) is 14.6. The Kier molecular flexibility index (Phi) is 4.27. The van der Waals surface area contributed by atoms with Gasteiger partial charge in [-0.25, -0.2) is 0 Å². The standard InChI is InChI=1S/C21H28BrNO/c1-15(18-5-3-2-4-6-18)13-23-19(24)12-20-8-16-7-17(9-20)11-21(22,10-16)14-20/h2-6,15-17H,7-14H2,1H3,(H,23,24)/t15-,16+,17+,20?,21?/m1/s1. The highest BCUT2D eigenvalue weighted by molar-refractivity contribution is 9.10. The number of nitrogens with one attached hydrogen (secondary N) is 1. The van der Waals surface area contributed by atoms with E-state index in [9.17, 15) is 4.79 Å². The van der Waals surface area contributed by atoms with Gasteiger partial charge in [-0.2, -0.15) is 0 Å². The van der Waals surface area contributed by atoms with Crippen molar-refractivity contribution in [1.29, 1.82) is 0 Å². The molecule has 0 saturated heterocycles. The van der Waals surface area contributed by atoms with Crippen molar-refractivity contribution in [3.8, 4) is 0 Å². The molecule has 1 aromatic carbocycles. The van der Waals surface area contributed by atoms with Gasteiger partial charge in [0.15, 0.2) is 0 Å². The SMILES string of the molecule is C[C@H](CNC(=O)CC12C[C@@H]3C[C@H](CC(Br)(C3)C1)C2)c1ccccc1. The summed E-state index contributed by atoms with van der Waals surface area (Å²) >= 11 is 4.04. The van der Waals surface area contributed by atoms with Crippen LogP contribution in [0.4, 0.5) is 0 Å². The van der Waals surface area contributed by atoms with Gasteiger partial charge in [-0.1, -0.05) is 53.2 Å². The van der Waals surface area contributed by atoms with Crippen LogP contribution in [0.2, 0.25) is 0 Å². The number of hydrogen-bond donors (Lipinski definition) is 1. The summed E-state index contributed by atoms with van der Waals surface area (Å²) in [6, 6.07) is 10.5. The van der Waals surface area contributed by atoms with Gasteiger partial charge in [0.25, 0.3) is 0 Å². The van der Waals surface area contributed by atoms with Crippen LogP contribution < -0.4 is 5.32 Å². The van der Waals surface area contributed by atoms with E-state index in [0.29, 0.717) is 10.2 Å². The molecule has 1 N–H and O–H groups in total. The van der Waals surface area contributed by atoms with Gasteiger partial charge in [0.1, 0.15) is 0 Å². The maximum absolute atomic E-state index is 12.6. The van der Waals surface area contributed by atoms with Crippen LogP contribution in [0.1, 0.15) is 63.4 Å². The lowest BCUT2D eigenvalue weighted by Gasteiger charge is -2.60. The molecule has 130 valence electrons. The van der Waals surface area contributed by atoms with E-state index in [0.717, 1.165) is 24.8 Å². The molecule has 0 spiro atoms. The molecular weight excluding hydrogens is 362 g/mol. The van der Waals surface area contributed by atoms with Gasteiger partial charge in [-0.15, -0.1) is 0 Å². The van der Waals surface area contributed by atoms with Crippen LogP contribution in [0.5, 0.6) is 0 Å². The predicted octanol–water partition coefficient (Wildman–Crippen LogP) is 5.03. The number of amides is 1. The molecule has 0 radical (unpaired) electrons. The number of carbonyl (C=O) groups is 1. The molecule has 1 aromatic rings. The van der Waals surface area contributed by atoms with E-state index in [1.54, 1.807) is 0 Å². The second-order valence-corrected chi connectivity index (χ2v) is 10.6. The van der Waals surface area contributed by atoms with Crippen molar-refractivity contribution in [2.75, 3.05) is 6.54 Å². The van der Waals surface area contributed by atoms with Gasteiger partial charge >= 0.3 is 0 Å². The van der Waals surface area contributed by atoms with Crippen molar-refractivity contribution >= 4 is 21.8 Å². The Bertz CT molecular complexity index is 600. The summed E-state index contributed by atoms with van der Waals surface area (Å²) in [6.07, 6.45) is 8.55. The first-order valence-corrected chi connectivity index (χ1v) is 10.3. The molecule has 0 aliphatic heterocycles. The Labute approximate surface area is 153 Å². The summed E-state index contributed by atoms with van der Waals surface area (Å²) in [5.74, 6) is 2.33. The Morgan fingerprint density at radius 1 is 1.21 bits per heavy atom. The smallest absolute Gasteiger partial charge is 0.220 e. The molecule has 3 heteroatoms. The molecule has 2 nitrogen and oxygen atoms in total. The van der Waals surface area contributed by atoms with Crippen LogP contribution in [-0.4, -0.2) is 16.8 Å². The fourth-order valence-corrected chi connectivity index (χ4v) is 7.62. The van der Waals surface area contributed by atoms with Gasteiger partial charge in [0, 0.05) is 17.3 Å². The third-order valence-electron chi connectivity index (χ3n) is 6.62. The average Bonchev–Trinajstić information content (AvgIpc) is 2.50. The van der Waals surface area contributed by atoms with E-state index >= 15 is 0 Å². The monoisotopic (exact) mass is 389 g/mol. The predicted molar refractivity (Wildman–Crippen MR) is 101 cm³/mol. The number of halogens is 1. The molecule has 4 aliphatic rings. The first kappa shape index (κ1) is 16.6. The topological polar surface area (TPSA) is 29.1 Å². The van der Waals surface area contributed by atoms with Gasteiger partial charge < -0.3 is 5.32 Å². The van der Waals surface area contributed by atoms with E-state index in [1.165, 1.54) is 44.1 Å². The maximum Gasteiger partial charge on any atom is 0.220 e. The zero-order valence-corrected chi connectivity index (χ0v) is 16.1. The van der Waals surface area contributed by atoms with E-state index in [2.05, 4.69) is 52.4 Å². The summed E-state index contributed by atoms with van der Waals surface area (Å²) in [5.41, 5.74) is 1.57. The highest BCUT2D eigenvalue weighted by atomic mass is 79.9. The number of benzene rings is 1. The Morgan fingerprint density at radius 2 is 1.88 bits per heavy atom. The molecule has 4 saturated carbocycles. The fourth-order valence-electron chi connectivity index (χ4n) is 6.11. The zero-order chi connectivity index (χ0) is 16.8.